The summed E-state index contributed by atoms with van der Waals surface area (Å²) in [7, 11) is 1.60. The quantitative estimate of drug-likeness (QED) is 0.601. The SMILES string of the molecule is CN(CC(=O)NC1(C)CCCCC1C(=O)O)c1ccccc1[N+](=O)[O-]. The third kappa shape index (κ3) is 4.26. The number of likely N-dealkylation sites (N-methyl/N-ethyl adjacent to an activating group) is 1. The van der Waals surface area contributed by atoms with Crippen molar-refractivity contribution in [2.75, 3.05) is 18.5 Å². The molecular weight excluding hydrogens is 326 g/mol. The minimum Gasteiger partial charge on any atom is -0.481 e. The van der Waals surface area contributed by atoms with Gasteiger partial charge in [0.2, 0.25) is 5.91 Å². The lowest BCUT2D eigenvalue weighted by atomic mass is 9.74. The van der Waals surface area contributed by atoms with E-state index >= 15 is 0 Å². The van der Waals surface area contributed by atoms with Gasteiger partial charge in [0.15, 0.2) is 0 Å². The first-order chi connectivity index (χ1) is 11.7. The third-order valence-electron chi connectivity index (χ3n) is 4.80. The van der Waals surface area contributed by atoms with Crippen LogP contribution < -0.4 is 10.2 Å². The zero-order valence-corrected chi connectivity index (χ0v) is 14.4. The molecule has 0 spiro atoms. The van der Waals surface area contributed by atoms with Gasteiger partial charge in [-0.3, -0.25) is 19.7 Å². The van der Waals surface area contributed by atoms with Crippen LogP contribution in [0.15, 0.2) is 24.3 Å². The second kappa shape index (κ2) is 7.50. The number of anilines is 1. The van der Waals surface area contributed by atoms with Crippen molar-refractivity contribution in [3.63, 3.8) is 0 Å². The number of carbonyl (C=O) groups excluding carboxylic acids is 1. The molecule has 25 heavy (non-hydrogen) atoms. The standard InChI is InChI=1S/C17H23N3O5/c1-17(10-6-5-7-12(17)16(22)23)18-15(21)11-19(2)13-8-3-4-9-14(13)20(24)25/h3-4,8-9,12H,5-7,10-11H2,1-2H3,(H,18,21)(H,22,23). The largest absolute Gasteiger partial charge is 0.481 e. The van der Waals surface area contributed by atoms with E-state index < -0.39 is 22.3 Å². The van der Waals surface area contributed by atoms with Gasteiger partial charge in [0.1, 0.15) is 5.69 Å². The molecule has 8 heteroatoms. The number of nitro groups is 1. The van der Waals surface area contributed by atoms with E-state index in [4.69, 9.17) is 0 Å². The molecule has 1 amide bonds. The predicted octanol–water partition coefficient (Wildman–Crippen LogP) is 2.18. The van der Waals surface area contributed by atoms with Crippen LogP contribution in [0.25, 0.3) is 0 Å². The van der Waals surface area contributed by atoms with Gasteiger partial charge in [-0.25, -0.2) is 0 Å². The van der Waals surface area contributed by atoms with Gasteiger partial charge in [-0.2, -0.15) is 0 Å². The summed E-state index contributed by atoms with van der Waals surface area (Å²) in [5.74, 6) is -1.88. The number of para-hydroxylation sites is 2. The van der Waals surface area contributed by atoms with E-state index in [1.807, 2.05) is 0 Å². The van der Waals surface area contributed by atoms with E-state index in [2.05, 4.69) is 5.32 Å². The topological polar surface area (TPSA) is 113 Å². The van der Waals surface area contributed by atoms with E-state index in [0.29, 0.717) is 18.5 Å². The van der Waals surface area contributed by atoms with Crippen molar-refractivity contribution < 1.29 is 19.6 Å². The highest BCUT2D eigenvalue weighted by Crippen LogP contribution is 2.34. The number of nitrogens with zero attached hydrogens (tertiary/aromatic N) is 2. The number of nitrogens with one attached hydrogen (secondary N) is 1. The normalized spacial score (nSPS) is 22.9. The number of carbonyl (C=O) groups is 2. The summed E-state index contributed by atoms with van der Waals surface area (Å²) in [6.07, 6.45) is 2.83. The van der Waals surface area contributed by atoms with Gasteiger partial charge >= 0.3 is 5.97 Å². The van der Waals surface area contributed by atoms with Crippen LogP contribution in [0.3, 0.4) is 0 Å². The summed E-state index contributed by atoms with van der Waals surface area (Å²) in [4.78, 5) is 36.0. The molecule has 1 aromatic carbocycles. The van der Waals surface area contributed by atoms with E-state index in [-0.39, 0.29) is 18.1 Å². The second-order valence-corrected chi connectivity index (χ2v) is 6.70. The average molecular weight is 349 g/mol. The lowest BCUT2D eigenvalue weighted by Gasteiger charge is -2.40. The molecular formula is C17H23N3O5. The van der Waals surface area contributed by atoms with Crippen molar-refractivity contribution in [3.05, 3.63) is 34.4 Å². The molecule has 1 fully saturated rings. The smallest absolute Gasteiger partial charge is 0.308 e. The Hall–Kier alpha value is -2.64. The van der Waals surface area contributed by atoms with Gasteiger partial charge < -0.3 is 15.3 Å². The van der Waals surface area contributed by atoms with Crippen LogP contribution in [-0.2, 0) is 9.59 Å². The summed E-state index contributed by atoms with van der Waals surface area (Å²) >= 11 is 0. The Bertz CT molecular complexity index is 678. The van der Waals surface area contributed by atoms with E-state index in [9.17, 15) is 24.8 Å². The summed E-state index contributed by atoms with van der Waals surface area (Å²) in [6.45, 7) is 1.67. The molecule has 2 N–H and O–H groups in total. The van der Waals surface area contributed by atoms with Gasteiger partial charge in [0, 0.05) is 13.1 Å². The molecule has 1 aromatic rings. The lowest BCUT2D eigenvalue weighted by molar-refractivity contribution is -0.384. The third-order valence-corrected chi connectivity index (χ3v) is 4.80. The van der Waals surface area contributed by atoms with Crippen LogP contribution >= 0.6 is 0 Å². The highest BCUT2D eigenvalue weighted by atomic mass is 16.6. The zero-order chi connectivity index (χ0) is 18.6. The number of hydrogen-bond donors (Lipinski definition) is 2. The molecule has 2 atom stereocenters. The molecule has 2 unspecified atom stereocenters. The number of rotatable bonds is 6. The summed E-state index contributed by atoms with van der Waals surface area (Å²) in [5, 5.41) is 23.4. The molecule has 0 aliphatic heterocycles. The van der Waals surface area contributed by atoms with Crippen LogP contribution in [0.4, 0.5) is 11.4 Å². The van der Waals surface area contributed by atoms with Crippen molar-refractivity contribution in [1.29, 1.82) is 0 Å². The van der Waals surface area contributed by atoms with Crippen molar-refractivity contribution in [2.24, 2.45) is 5.92 Å². The second-order valence-electron chi connectivity index (χ2n) is 6.70. The molecule has 1 aliphatic rings. The monoisotopic (exact) mass is 349 g/mol. The highest BCUT2D eigenvalue weighted by molar-refractivity contribution is 5.84. The molecule has 8 nitrogen and oxygen atoms in total. The molecule has 2 rings (SSSR count). The fourth-order valence-corrected chi connectivity index (χ4v) is 3.48. The Kier molecular flexibility index (Phi) is 5.61. The number of amides is 1. The minimum absolute atomic E-state index is 0.0786. The van der Waals surface area contributed by atoms with Crippen LogP contribution in [0.1, 0.15) is 32.6 Å². The predicted molar refractivity (Wildman–Crippen MR) is 92.5 cm³/mol. The number of carboxylic acid groups (broad SMARTS) is 1. The van der Waals surface area contributed by atoms with Gasteiger partial charge in [-0.05, 0) is 25.8 Å². The Labute approximate surface area is 146 Å². The molecule has 0 saturated heterocycles. The molecule has 0 heterocycles. The van der Waals surface area contributed by atoms with Crippen LogP contribution in [0.2, 0.25) is 0 Å². The van der Waals surface area contributed by atoms with Crippen molar-refractivity contribution in [3.8, 4) is 0 Å². The van der Waals surface area contributed by atoms with Crippen molar-refractivity contribution >= 4 is 23.3 Å². The first kappa shape index (κ1) is 18.7. The number of benzene rings is 1. The summed E-state index contributed by atoms with van der Waals surface area (Å²) in [6, 6.07) is 6.19. The van der Waals surface area contributed by atoms with Crippen LogP contribution in [0, 0.1) is 16.0 Å². The molecule has 1 saturated carbocycles. The first-order valence-electron chi connectivity index (χ1n) is 8.23. The van der Waals surface area contributed by atoms with Gasteiger partial charge in [0.05, 0.1) is 22.9 Å². The Morgan fingerprint density at radius 3 is 2.72 bits per heavy atom. The number of aliphatic carboxylic acids is 1. The van der Waals surface area contributed by atoms with E-state index in [0.717, 1.165) is 12.8 Å². The first-order valence-corrected chi connectivity index (χ1v) is 8.23. The van der Waals surface area contributed by atoms with Gasteiger partial charge in [0.25, 0.3) is 5.69 Å². The molecule has 0 radical (unpaired) electrons. The highest BCUT2D eigenvalue weighted by Gasteiger charge is 2.42. The number of nitro benzene ring substituents is 1. The average Bonchev–Trinajstić information content (AvgIpc) is 2.54. The summed E-state index contributed by atoms with van der Waals surface area (Å²) in [5.41, 5.74) is -0.540. The Morgan fingerprint density at radius 1 is 1.40 bits per heavy atom. The van der Waals surface area contributed by atoms with Crippen LogP contribution in [-0.4, -0.2) is 41.0 Å². The fraction of sp³-hybridized carbons (Fsp3) is 0.529. The number of carboxylic acids is 1. The zero-order valence-electron chi connectivity index (χ0n) is 14.4. The lowest BCUT2D eigenvalue weighted by Crippen LogP contribution is -2.57. The molecule has 1 aliphatic carbocycles. The van der Waals surface area contributed by atoms with Gasteiger partial charge in [-0.1, -0.05) is 25.0 Å². The Morgan fingerprint density at radius 2 is 2.08 bits per heavy atom. The maximum absolute atomic E-state index is 12.4. The van der Waals surface area contributed by atoms with Gasteiger partial charge in [-0.15, -0.1) is 0 Å². The van der Waals surface area contributed by atoms with Crippen molar-refractivity contribution in [1.82, 2.24) is 5.32 Å². The van der Waals surface area contributed by atoms with Crippen molar-refractivity contribution in [2.45, 2.75) is 38.1 Å². The molecule has 136 valence electrons. The molecule has 0 aromatic heterocycles. The Balaban J connectivity index is 2.09. The molecule has 0 bridgehead atoms. The van der Waals surface area contributed by atoms with Crippen LogP contribution in [0.5, 0.6) is 0 Å². The maximum atomic E-state index is 12.4. The maximum Gasteiger partial charge on any atom is 0.308 e. The summed E-state index contributed by atoms with van der Waals surface area (Å²) < 4.78 is 0. The number of hydrogen-bond acceptors (Lipinski definition) is 5. The fourth-order valence-electron chi connectivity index (χ4n) is 3.48. The van der Waals surface area contributed by atoms with E-state index in [1.165, 1.54) is 11.0 Å². The van der Waals surface area contributed by atoms with E-state index in [1.54, 1.807) is 32.2 Å². The minimum atomic E-state index is -0.908.